The van der Waals surface area contributed by atoms with Crippen molar-refractivity contribution in [1.82, 2.24) is 9.88 Å². The van der Waals surface area contributed by atoms with Gasteiger partial charge in [-0.25, -0.2) is 4.98 Å². The zero-order chi connectivity index (χ0) is 21.1. The van der Waals surface area contributed by atoms with Gasteiger partial charge < -0.3 is 19.6 Å². The van der Waals surface area contributed by atoms with E-state index in [1.807, 2.05) is 18.2 Å². The first kappa shape index (κ1) is 20.4. The van der Waals surface area contributed by atoms with E-state index in [4.69, 9.17) is 21.4 Å². The summed E-state index contributed by atoms with van der Waals surface area (Å²) in [5.41, 5.74) is 1.56. The maximum absolute atomic E-state index is 12.5. The Bertz CT molecular complexity index is 1080. The van der Waals surface area contributed by atoms with Crippen LogP contribution < -0.4 is 9.64 Å². The van der Waals surface area contributed by atoms with Crippen molar-refractivity contribution in [3.63, 3.8) is 0 Å². The number of aromatic nitrogens is 1. The number of piperazine rings is 1. The summed E-state index contributed by atoms with van der Waals surface area (Å²) >= 11 is 7.66. The quantitative estimate of drug-likeness (QED) is 0.626. The number of hydrogen-bond acceptors (Lipinski definition) is 6. The summed E-state index contributed by atoms with van der Waals surface area (Å²) in [6, 6.07) is 12.5. The molecule has 9 heteroatoms. The van der Waals surface area contributed by atoms with Crippen molar-refractivity contribution in [2.45, 2.75) is 6.42 Å². The van der Waals surface area contributed by atoms with Gasteiger partial charge in [-0.05, 0) is 35.9 Å². The summed E-state index contributed by atoms with van der Waals surface area (Å²) in [5, 5.41) is 10.5. The molecule has 0 bridgehead atoms. The van der Waals surface area contributed by atoms with Crippen LogP contribution in [0.3, 0.4) is 0 Å². The molecule has 0 radical (unpaired) electrons. The zero-order valence-electron chi connectivity index (χ0n) is 16.1. The number of carbonyl (C=O) groups excluding carboxylic acids is 1. The van der Waals surface area contributed by atoms with Crippen molar-refractivity contribution >= 4 is 50.2 Å². The largest absolute Gasteiger partial charge is 0.484 e. The first-order chi connectivity index (χ1) is 14.5. The molecule has 1 fully saturated rings. The number of thiazole rings is 1. The molecule has 1 aromatic heterocycles. The SMILES string of the molecule is O=C(O)Cc1cccc(OCC(=O)N2CCN(c3nc4ccc(Cl)cc4s3)CC2)c1. The Morgan fingerprint density at radius 3 is 2.70 bits per heavy atom. The van der Waals surface area contributed by atoms with E-state index in [9.17, 15) is 9.59 Å². The molecule has 30 heavy (non-hydrogen) atoms. The highest BCUT2D eigenvalue weighted by molar-refractivity contribution is 7.22. The number of carbonyl (C=O) groups is 2. The fourth-order valence-electron chi connectivity index (χ4n) is 3.32. The van der Waals surface area contributed by atoms with Crippen LogP contribution in [0.1, 0.15) is 5.56 Å². The number of nitrogens with zero attached hydrogens (tertiary/aromatic N) is 3. The van der Waals surface area contributed by atoms with E-state index in [0.29, 0.717) is 42.5 Å². The highest BCUT2D eigenvalue weighted by atomic mass is 35.5. The van der Waals surface area contributed by atoms with Gasteiger partial charge in [-0.1, -0.05) is 35.1 Å². The van der Waals surface area contributed by atoms with Crippen molar-refractivity contribution in [2.24, 2.45) is 0 Å². The Morgan fingerprint density at radius 2 is 1.93 bits per heavy atom. The van der Waals surface area contributed by atoms with E-state index in [1.165, 1.54) is 0 Å². The zero-order valence-corrected chi connectivity index (χ0v) is 17.7. The number of aliphatic carboxylic acids is 1. The predicted molar refractivity (Wildman–Crippen MR) is 117 cm³/mol. The summed E-state index contributed by atoms with van der Waals surface area (Å²) in [7, 11) is 0. The van der Waals surface area contributed by atoms with Crippen LogP contribution in [0.4, 0.5) is 5.13 Å². The molecule has 3 aromatic rings. The lowest BCUT2D eigenvalue weighted by Gasteiger charge is -2.34. The van der Waals surface area contributed by atoms with Crippen LogP contribution in [0.2, 0.25) is 5.02 Å². The minimum Gasteiger partial charge on any atom is -0.484 e. The summed E-state index contributed by atoms with van der Waals surface area (Å²) in [6.07, 6.45) is -0.0783. The van der Waals surface area contributed by atoms with Crippen molar-refractivity contribution in [3.05, 3.63) is 53.1 Å². The van der Waals surface area contributed by atoms with Crippen LogP contribution in [-0.2, 0) is 16.0 Å². The molecule has 0 saturated carbocycles. The fraction of sp³-hybridized carbons (Fsp3) is 0.286. The molecule has 156 valence electrons. The number of carboxylic acid groups (broad SMARTS) is 1. The second kappa shape index (κ2) is 8.89. The third kappa shape index (κ3) is 4.83. The third-order valence-electron chi connectivity index (χ3n) is 4.86. The second-order valence-corrected chi connectivity index (χ2v) is 8.43. The first-order valence-electron chi connectivity index (χ1n) is 9.50. The van der Waals surface area contributed by atoms with Gasteiger partial charge in [0.2, 0.25) is 0 Å². The molecule has 1 aliphatic heterocycles. The summed E-state index contributed by atoms with van der Waals surface area (Å²) in [5.74, 6) is -0.499. The van der Waals surface area contributed by atoms with Gasteiger partial charge in [0.05, 0.1) is 16.6 Å². The van der Waals surface area contributed by atoms with Gasteiger partial charge in [0.15, 0.2) is 11.7 Å². The van der Waals surface area contributed by atoms with Crippen molar-refractivity contribution in [2.75, 3.05) is 37.7 Å². The van der Waals surface area contributed by atoms with E-state index in [1.54, 1.807) is 40.5 Å². The number of fused-ring (bicyclic) bond motifs is 1. The minimum absolute atomic E-state index is 0.0733. The molecule has 0 unspecified atom stereocenters. The summed E-state index contributed by atoms with van der Waals surface area (Å²) in [6.45, 7) is 2.52. The Morgan fingerprint density at radius 1 is 1.13 bits per heavy atom. The molecule has 0 spiro atoms. The van der Waals surface area contributed by atoms with Gasteiger partial charge in [0.25, 0.3) is 5.91 Å². The van der Waals surface area contributed by atoms with E-state index in [0.717, 1.165) is 15.3 Å². The van der Waals surface area contributed by atoms with Crippen molar-refractivity contribution in [3.8, 4) is 5.75 Å². The number of anilines is 1. The standard InChI is InChI=1S/C21H20ClN3O4S/c22-15-4-5-17-18(12-15)30-21(23-17)25-8-6-24(7-9-25)19(26)13-29-16-3-1-2-14(10-16)11-20(27)28/h1-5,10,12H,6-9,11,13H2,(H,27,28). The van der Waals surface area contributed by atoms with Gasteiger partial charge in [0, 0.05) is 31.2 Å². The Labute approximate surface area is 182 Å². The first-order valence-corrected chi connectivity index (χ1v) is 10.7. The van der Waals surface area contributed by atoms with E-state index < -0.39 is 5.97 Å². The molecule has 1 N–H and O–H groups in total. The topological polar surface area (TPSA) is 83.0 Å². The Hall–Kier alpha value is -2.84. The minimum atomic E-state index is -0.905. The Balaban J connectivity index is 1.30. The molecule has 7 nitrogen and oxygen atoms in total. The predicted octanol–water partition coefficient (Wildman–Crippen LogP) is 3.30. The highest BCUT2D eigenvalue weighted by Gasteiger charge is 2.23. The van der Waals surface area contributed by atoms with Crippen molar-refractivity contribution in [1.29, 1.82) is 0 Å². The molecule has 4 rings (SSSR count). The van der Waals surface area contributed by atoms with Crippen LogP contribution in [0.25, 0.3) is 10.2 Å². The maximum atomic E-state index is 12.5. The van der Waals surface area contributed by atoms with Gasteiger partial charge in [0.1, 0.15) is 5.75 Å². The number of hydrogen-bond donors (Lipinski definition) is 1. The lowest BCUT2D eigenvalue weighted by Crippen LogP contribution is -2.50. The lowest BCUT2D eigenvalue weighted by atomic mass is 10.1. The number of amides is 1. The number of rotatable bonds is 6. The van der Waals surface area contributed by atoms with Crippen LogP contribution in [0, 0.1) is 0 Å². The van der Waals surface area contributed by atoms with E-state index >= 15 is 0 Å². The summed E-state index contributed by atoms with van der Waals surface area (Å²) < 4.78 is 6.64. The highest BCUT2D eigenvalue weighted by Crippen LogP contribution is 2.31. The smallest absolute Gasteiger partial charge is 0.307 e. The van der Waals surface area contributed by atoms with Gasteiger partial charge in [-0.15, -0.1) is 0 Å². The van der Waals surface area contributed by atoms with Crippen LogP contribution in [0.5, 0.6) is 5.75 Å². The van der Waals surface area contributed by atoms with Gasteiger partial charge >= 0.3 is 5.97 Å². The number of benzene rings is 2. The molecule has 0 atom stereocenters. The maximum Gasteiger partial charge on any atom is 0.307 e. The molecule has 1 amide bonds. The molecule has 1 saturated heterocycles. The van der Waals surface area contributed by atoms with Gasteiger partial charge in [-0.3, -0.25) is 9.59 Å². The lowest BCUT2D eigenvalue weighted by molar-refractivity contribution is -0.136. The Kier molecular flexibility index (Phi) is 6.06. The normalized spacial score (nSPS) is 14.2. The molecule has 0 aliphatic carbocycles. The van der Waals surface area contributed by atoms with Crippen LogP contribution in [-0.4, -0.2) is 59.7 Å². The van der Waals surface area contributed by atoms with Crippen molar-refractivity contribution < 1.29 is 19.4 Å². The summed E-state index contributed by atoms with van der Waals surface area (Å²) in [4.78, 5) is 32.0. The molecular formula is C21H20ClN3O4S. The number of carboxylic acids is 1. The molecule has 1 aliphatic rings. The monoisotopic (exact) mass is 445 g/mol. The van der Waals surface area contributed by atoms with E-state index in [2.05, 4.69) is 9.88 Å². The average molecular weight is 446 g/mol. The average Bonchev–Trinajstić information content (AvgIpc) is 3.15. The van der Waals surface area contributed by atoms with Crippen LogP contribution in [0.15, 0.2) is 42.5 Å². The number of halogens is 1. The van der Waals surface area contributed by atoms with Crippen LogP contribution >= 0.6 is 22.9 Å². The number of ether oxygens (including phenoxy) is 1. The third-order valence-corrected chi connectivity index (χ3v) is 6.17. The molecular weight excluding hydrogens is 426 g/mol. The molecule has 2 heterocycles. The van der Waals surface area contributed by atoms with E-state index in [-0.39, 0.29) is 18.9 Å². The van der Waals surface area contributed by atoms with Gasteiger partial charge in [-0.2, -0.15) is 0 Å². The second-order valence-electron chi connectivity index (χ2n) is 6.98. The molecule has 2 aromatic carbocycles. The fourth-order valence-corrected chi connectivity index (χ4v) is 4.62.